The smallest absolute Gasteiger partial charge is 0.108 e. The van der Waals surface area contributed by atoms with Crippen molar-refractivity contribution in [3.05, 3.63) is 0 Å². The van der Waals surface area contributed by atoms with Crippen molar-refractivity contribution in [1.29, 1.82) is 5.26 Å². The van der Waals surface area contributed by atoms with Gasteiger partial charge in [0.05, 0.1) is 11.7 Å². The quantitative estimate of drug-likeness (QED) is 0.758. The molecule has 4 nitrogen and oxygen atoms in total. The van der Waals surface area contributed by atoms with Crippen LogP contribution in [0, 0.1) is 11.3 Å². The maximum atomic E-state index is 9.00. The Labute approximate surface area is 98.6 Å². The van der Waals surface area contributed by atoms with Crippen molar-refractivity contribution in [2.45, 2.75) is 38.3 Å². The third kappa shape index (κ3) is 3.75. The first-order valence-corrected chi connectivity index (χ1v) is 6.04. The molecule has 0 amide bonds. The van der Waals surface area contributed by atoms with Crippen LogP contribution in [0.2, 0.25) is 0 Å². The van der Waals surface area contributed by atoms with Crippen LogP contribution in [-0.4, -0.2) is 49.8 Å². The molecule has 1 rings (SSSR count). The summed E-state index contributed by atoms with van der Waals surface area (Å²) >= 11 is 0. The van der Waals surface area contributed by atoms with Crippen LogP contribution in [0.4, 0.5) is 0 Å². The zero-order chi connectivity index (χ0) is 12.0. The van der Waals surface area contributed by atoms with Crippen LogP contribution in [0.5, 0.6) is 0 Å². The van der Waals surface area contributed by atoms with E-state index in [9.17, 15) is 0 Å². The molecule has 0 aromatic carbocycles. The van der Waals surface area contributed by atoms with Gasteiger partial charge in [0.1, 0.15) is 6.04 Å². The second-order valence-corrected chi connectivity index (χ2v) is 4.73. The summed E-state index contributed by atoms with van der Waals surface area (Å²) in [6, 6.07) is 2.24. The van der Waals surface area contributed by atoms with Gasteiger partial charge in [-0.25, -0.2) is 0 Å². The van der Waals surface area contributed by atoms with Crippen LogP contribution in [0.1, 0.15) is 26.7 Å². The number of hydrogen-bond donors (Lipinski definition) is 1. The Morgan fingerprint density at radius 3 is 2.94 bits per heavy atom. The lowest BCUT2D eigenvalue weighted by atomic mass is 9.94. The molecule has 92 valence electrons. The van der Waals surface area contributed by atoms with Crippen molar-refractivity contribution in [1.82, 2.24) is 10.2 Å². The Balaban J connectivity index is 2.45. The first-order valence-electron chi connectivity index (χ1n) is 6.04. The van der Waals surface area contributed by atoms with Crippen LogP contribution < -0.4 is 5.32 Å². The molecule has 0 spiro atoms. The number of hydrogen-bond acceptors (Lipinski definition) is 4. The molecular weight excluding hydrogens is 202 g/mol. The molecule has 0 bridgehead atoms. The molecule has 0 aromatic heterocycles. The van der Waals surface area contributed by atoms with E-state index in [0.29, 0.717) is 0 Å². The molecule has 1 heterocycles. The molecule has 1 N–H and O–H groups in total. The lowest BCUT2D eigenvalue weighted by molar-refractivity contribution is -0.0512. The summed E-state index contributed by atoms with van der Waals surface area (Å²) in [5.74, 6) is 0. The maximum Gasteiger partial charge on any atom is 0.108 e. The SMILES string of the molecule is CCNC(C#N)CN1CCCC(C)(OC)C1. The minimum absolute atomic E-state index is 0.0372. The van der Waals surface area contributed by atoms with E-state index in [1.54, 1.807) is 7.11 Å². The molecule has 0 radical (unpaired) electrons. The van der Waals surface area contributed by atoms with Gasteiger partial charge < -0.3 is 10.1 Å². The van der Waals surface area contributed by atoms with E-state index in [2.05, 4.69) is 23.2 Å². The van der Waals surface area contributed by atoms with Gasteiger partial charge in [0.2, 0.25) is 0 Å². The van der Waals surface area contributed by atoms with Crippen LogP contribution in [0.3, 0.4) is 0 Å². The van der Waals surface area contributed by atoms with Gasteiger partial charge in [-0.1, -0.05) is 6.92 Å². The highest BCUT2D eigenvalue weighted by Crippen LogP contribution is 2.23. The Morgan fingerprint density at radius 2 is 2.38 bits per heavy atom. The standard InChI is InChI=1S/C12H23N3O/c1-4-14-11(8-13)9-15-7-5-6-12(2,10-15)16-3/h11,14H,4-7,9-10H2,1-3H3. The minimum Gasteiger partial charge on any atom is -0.377 e. The second-order valence-electron chi connectivity index (χ2n) is 4.73. The molecule has 2 atom stereocenters. The zero-order valence-electron chi connectivity index (χ0n) is 10.6. The topological polar surface area (TPSA) is 48.3 Å². The van der Waals surface area contributed by atoms with Crippen molar-refractivity contribution in [3.8, 4) is 6.07 Å². The highest BCUT2D eigenvalue weighted by molar-refractivity contribution is 4.94. The van der Waals surface area contributed by atoms with Crippen molar-refractivity contribution >= 4 is 0 Å². The molecule has 0 aromatic rings. The van der Waals surface area contributed by atoms with Crippen molar-refractivity contribution in [2.75, 3.05) is 33.3 Å². The summed E-state index contributed by atoms with van der Waals surface area (Å²) in [7, 11) is 1.77. The predicted octanol–water partition coefficient (Wildman–Crippen LogP) is 0.989. The Morgan fingerprint density at radius 1 is 1.62 bits per heavy atom. The Hall–Kier alpha value is -0.630. The molecule has 0 aliphatic carbocycles. The third-order valence-corrected chi connectivity index (χ3v) is 3.28. The fourth-order valence-electron chi connectivity index (χ4n) is 2.29. The van der Waals surface area contributed by atoms with E-state index in [-0.39, 0.29) is 11.6 Å². The summed E-state index contributed by atoms with van der Waals surface area (Å²) in [5, 5.41) is 12.2. The summed E-state index contributed by atoms with van der Waals surface area (Å²) in [5.41, 5.74) is -0.0372. The van der Waals surface area contributed by atoms with E-state index in [1.807, 2.05) is 6.92 Å². The number of ether oxygens (including phenoxy) is 1. The maximum absolute atomic E-state index is 9.00. The number of nitrogens with one attached hydrogen (secondary N) is 1. The fraction of sp³-hybridized carbons (Fsp3) is 0.917. The zero-order valence-corrected chi connectivity index (χ0v) is 10.6. The number of piperidine rings is 1. The number of likely N-dealkylation sites (tertiary alicyclic amines) is 1. The van der Waals surface area contributed by atoms with E-state index < -0.39 is 0 Å². The number of rotatable bonds is 5. The Bertz CT molecular complexity index is 251. The fourth-order valence-corrected chi connectivity index (χ4v) is 2.29. The first-order chi connectivity index (χ1) is 7.63. The molecular formula is C12H23N3O. The average Bonchev–Trinajstić information content (AvgIpc) is 2.29. The van der Waals surface area contributed by atoms with Crippen LogP contribution in [-0.2, 0) is 4.74 Å². The molecule has 4 heteroatoms. The van der Waals surface area contributed by atoms with Gasteiger partial charge in [-0.3, -0.25) is 4.90 Å². The van der Waals surface area contributed by atoms with Gasteiger partial charge in [0, 0.05) is 20.2 Å². The van der Waals surface area contributed by atoms with E-state index >= 15 is 0 Å². The molecule has 1 aliphatic heterocycles. The minimum atomic E-state index is -0.0655. The Kier molecular flexibility index (Phi) is 5.20. The molecule has 16 heavy (non-hydrogen) atoms. The van der Waals surface area contributed by atoms with Gasteiger partial charge in [-0.15, -0.1) is 0 Å². The second kappa shape index (κ2) is 6.19. The van der Waals surface area contributed by atoms with Crippen LogP contribution >= 0.6 is 0 Å². The molecule has 2 unspecified atom stereocenters. The summed E-state index contributed by atoms with van der Waals surface area (Å²) < 4.78 is 5.54. The predicted molar refractivity (Wildman–Crippen MR) is 64.2 cm³/mol. The first kappa shape index (κ1) is 13.4. The van der Waals surface area contributed by atoms with E-state index in [1.165, 1.54) is 0 Å². The van der Waals surface area contributed by atoms with Crippen molar-refractivity contribution < 1.29 is 4.74 Å². The van der Waals surface area contributed by atoms with Gasteiger partial charge in [0.25, 0.3) is 0 Å². The van der Waals surface area contributed by atoms with Gasteiger partial charge in [0.15, 0.2) is 0 Å². The van der Waals surface area contributed by atoms with Gasteiger partial charge in [-0.05, 0) is 32.9 Å². The molecule has 1 saturated heterocycles. The molecule has 1 aliphatic rings. The number of methoxy groups -OCH3 is 1. The highest BCUT2D eigenvalue weighted by atomic mass is 16.5. The average molecular weight is 225 g/mol. The van der Waals surface area contributed by atoms with Gasteiger partial charge >= 0.3 is 0 Å². The molecule has 1 fully saturated rings. The third-order valence-electron chi connectivity index (χ3n) is 3.28. The largest absolute Gasteiger partial charge is 0.377 e. The summed E-state index contributed by atoms with van der Waals surface area (Å²) in [6.07, 6.45) is 2.26. The monoisotopic (exact) mass is 225 g/mol. The lowest BCUT2D eigenvalue weighted by Gasteiger charge is -2.40. The number of likely N-dealkylation sites (N-methyl/N-ethyl adjacent to an activating group) is 1. The number of nitriles is 1. The number of nitrogens with zero attached hydrogens (tertiary/aromatic N) is 2. The van der Waals surface area contributed by atoms with Crippen LogP contribution in [0.25, 0.3) is 0 Å². The highest BCUT2D eigenvalue weighted by Gasteiger charge is 2.31. The molecule has 0 saturated carbocycles. The van der Waals surface area contributed by atoms with Crippen molar-refractivity contribution in [2.24, 2.45) is 0 Å². The summed E-state index contributed by atoms with van der Waals surface area (Å²) in [6.45, 7) is 7.81. The van der Waals surface area contributed by atoms with E-state index in [0.717, 1.165) is 39.0 Å². The normalized spacial score (nSPS) is 28.6. The van der Waals surface area contributed by atoms with Crippen molar-refractivity contribution in [3.63, 3.8) is 0 Å². The summed E-state index contributed by atoms with van der Waals surface area (Å²) in [4.78, 5) is 2.32. The van der Waals surface area contributed by atoms with Crippen LogP contribution in [0.15, 0.2) is 0 Å². The lowest BCUT2D eigenvalue weighted by Crippen LogP contribution is -2.51. The van der Waals surface area contributed by atoms with E-state index in [4.69, 9.17) is 10.00 Å². The van der Waals surface area contributed by atoms with Gasteiger partial charge in [-0.2, -0.15) is 5.26 Å².